The van der Waals surface area contributed by atoms with Gasteiger partial charge in [0.1, 0.15) is 11.9 Å². The highest BCUT2D eigenvalue weighted by Crippen LogP contribution is 2.40. The van der Waals surface area contributed by atoms with Gasteiger partial charge in [0.2, 0.25) is 5.91 Å². The highest BCUT2D eigenvalue weighted by Gasteiger charge is 2.37. The number of rotatable bonds is 11. The summed E-state index contributed by atoms with van der Waals surface area (Å²) in [4.78, 5) is 39.6. The minimum absolute atomic E-state index is 0.0216. The van der Waals surface area contributed by atoms with Gasteiger partial charge in [-0.05, 0) is 75.5 Å². The molecule has 41 heavy (non-hydrogen) atoms. The average Bonchev–Trinajstić information content (AvgIpc) is 3.78. The lowest BCUT2D eigenvalue weighted by atomic mass is 10.1. The van der Waals surface area contributed by atoms with Crippen LogP contribution in [0.3, 0.4) is 0 Å². The maximum absolute atomic E-state index is 13.6. The molecule has 2 aromatic carbocycles. The van der Waals surface area contributed by atoms with Crippen molar-refractivity contribution in [3.63, 3.8) is 0 Å². The van der Waals surface area contributed by atoms with E-state index < -0.39 is 6.04 Å². The van der Waals surface area contributed by atoms with Crippen molar-refractivity contribution in [2.45, 2.75) is 57.2 Å². The second-order valence-electron chi connectivity index (χ2n) is 11.2. The van der Waals surface area contributed by atoms with Crippen LogP contribution in [0.1, 0.15) is 54.9 Å². The summed E-state index contributed by atoms with van der Waals surface area (Å²) in [6.45, 7) is 8.08. The first-order valence-corrected chi connectivity index (χ1v) is 14.6. The van der Waals surface area contributed by atoms with Crippen LogP contribution in [0.25, 0.3) is 11.4 Å². The predicted molar refractivity (Wildman–Crippen MR) is 157 cm³/mol. The van der Waals surface area contributed by atoms with E-state index in [1.54, 1.807) is 30.6 Å². The Labute approximate surface area is 241 Å². The minimum atomic E-state index is -0.598. The van der Waals surface area contributed by atoms with Crippen molar-refractivity contribution in [3.05, 3.63) is 83.9 Å². The van der Waals surface area contributed by atoms with E-state index in [-0.39, 0.29) is 17.6 Å². The van der Waals surface area contributed by atoms with Gasteiger partial charge in [-0.25, -0.2) is 14.4 Å². The summed E-state index contributed by atoms with van der Waals surface area (Å²) in [5.41, 5.74) is 2.46. The zero-order valence-corrected chi connectivity index (χ0v) is 23.8. The Morgan fingerprint density at radius 3 is 2.32 bits per heavy atom. The molecule has 0 radical (unpaired) electrons. The van der Waals surface area contributed by atoms with Gasteiger partial charge in [-0.2, -0.15) is 0 Å². The van der Waals surface area contributed by atoms with E-state index in [9.17, 15) is 14.0 Å². The van der Waals surface area contributed by atoms with Gasteiger partial charge in [-0.3, -0.25) is 14.5 Å². The summed E-state index contributed by atoms with van der Waals surface area (Å²) in [5, 5.41) is 6.60. The molecule has 0 spiro atoms. The van der Waals surface area contributed by atoms with Gasteiger partial charge in [-0.15, -0.1) is 0 Å². The van der Waals surface area contributed by atoms with Crippen molar-refractivity contribution in [2.75, 3.05) is 32.7 Å². The van der Waals surface area contributed by atoms with E-state index >= 15 is 0 Å². The highest BCUT2D eigenvalue weighted by molar-refractivity contribution is 5.97. The zero-order chi connectivity index (χ0) is 28.8. The molecule has 2 N–H and O–H groups in total. The van der Waals surface area contributed by atoms with Crippen molar-refractivity contribution < 1.29 is 14.0 Å². The summed E-state index contributed by atoms with van der Waals surface area (Å²) < 4.78 is 13.2. The van der Waals surface area contributed by atoms with Gasteiger partial charge >= 0.3 is 0 Å². The Balaban J connectivity index is 1.18. The number of hydrogen-bond acceptors (Lipinski definition) is 6. The molecule has 5 rings (SSSR count). The first-order valence-electron chi connectivity index (χ1n) is 14.6. The van der Waals surface area contributed by atoms with Crippen LogP contribution >= 0.6 is 0 Å². The number of nitrogens with zero attached hydrogens (tertiary/aromatic N) is 4. The lowest BCUT2D eigenvalue weighted by molar-refractivity contribution is -0.135. The standard InChI is InChI=1S/C32H39FN6O2/c1-22(2)38-17-19-39(20-18-38)32(41)28(5-3-14-34-29-21-27(29)23-10-12-26(33)13-11-23)37-31(40)25-8-6-24(7-9-25)30-35-15-4-16-36-30/h4,6-13,15-16,22,27-29,34H,3,5,14,17-21H2,1-2H3,(H,37,40)/t27-,28-,29+/m0/s1. The number of carbonyl (C=O) groups is 2. The third kappa shape index (κ3) is 7.54. The molecule has 0 unspecified atom stereocenters. The summed E-state index contributed by atoms with van der Waals surface area (Å²) >= 11 is 0. The van der Waals surface area contributed by atoms with E-state index in [2.05, 4.69) is 39.3 Å². The average molecular weight is 559 g/mol. The van der Waals surface area contributed by atoms with Gasteiger partial charge in [0.05, 0.1) is 0 Å². The molecule has 2 fully saturated rings. The van der Waals surface area contributed by atoms with Crippen molar-refractivity contribution in [1.82, 2.24) is 30.4 Å². The second kappa shape index (κ2) is 13.3. The molecule has 1 aliphatic heterocycles. The van der Waals surface area contributed by atoms with Crippen molar-refractivity contribution >= 4 is 11.8 Å². The van der Waals surface area contributed by atoms with Gasteiger partial charge in [0, 0.05) is 67.7 Å². The molecule has 0 bridgehead atoms. The summed E-state index contributed by atoms with van der Waals surface area (Å²) in [5.74, 6) is 0.485. The monoisotopic (exact) mass is 558 g/mol. The molecule has 2 heterocycles. The summed E-state index contributed by atoms with van der Waals surface area (Å²) in [6.07, 6.45) is 5.68. The fourth-order valence-electron chi connectivity index (χ4n) is 5.49. The zero-order valence-electron chi connectivity index (χ0n) is 23.8. The van der Waals surface area contributed by atoms with Crippen LogP contribution in [0, 0.1) is 5.82 Å². The quantitative estimate of drug-likeness (QED) is 0.348. The first kappa shape index (κ1) is 28.8. The van der Waals surface area contributed by atoms with Gasteiger partial charge < -0.3 is 15.5 Å². The molecule has 1 aromatic heterocycles. The lowest BCUT2D eigenvalue weighted by Crippen LogP contribution is -2.56. The van der Waals surface area contributed by atoms with Crippen molar-refractivity contribution in [1.29, 1.82) is 0 Å². The normalized spacial score (nSPS) is 19.7. The van der Waals surface area contributed by atoms with Crippen LogP contribution < -0.4 is 10.6 Å². The van der Waals surface area contributed by atoms with Crippen molar-refractivity contribution in [2.24, 2.45) is 0 Å². The van der Waals surface area contributed by atoms with Crippen LogP contribution in [-0.2, 0) is 4.79 Å². The fourth-order valence-corrected chi connectivity index (χ4v) is 5.49. The molecule has 8 nitrogen and oxygen atoms in total. The predicted octanol–water partition coefficient (Wildman–Crippen LogP) is 3.86. The number of piperazine rings is 1. The molecule has 216 valence electrons. The molecule has 1 saturated heterocycles. The third-order valence-electron chi connectivity index (χ3n) is 8.10. The lowest BCUT2D eigenvalue weighted by Gasteiger charge is -2.38. The van der Waals surface area contributed by atoms with Crippen LogP contribution in [0.15, 0.2) is 67.0 Å². The number of nitrogens with one attached hydrogen (secondary N) is 2. The maximum atomic E-state index is 13.6. The second-order valence-corrected chi connectivity index (χ2v) is 11.2. The SMILES string of the molecule is CC(C)N1CCN(C(=O)[C@H](CCCN[C@@H]2C[C@H]2c2ccc(F)cc2)NC(=O)c2ccc(-c3ncccn3)cc2)CC1. The summed E-state index contributed by atoms with van der Waals surface area (Å²) in [7, 11) is 0. The minimum Gasteiger partial charge on any atom is -0.340 e. The molecule has 1 aliphatic carbocycles. The maximum Gasteiger partial charge on any atom is 0.251 e. The number of benzene rings is 2. The molecule has 9 heteroatoms. The highest BCUT2D eigenvalue weighted by atomic mass is 19.1. The van der Waals surface area contributed by atoms with Crippen LogP contribution in [-0.4, -0.2) is 82.4 Å². The van der Waals surface area contributed by atoms with Crippen LogP contribution in [0.5, 0.6) is 0 Å². The summed E-state index contributed by atoms with van der Waals surface area (Å²) in [6, 6.07) is 15.8. The molecular formula is C32H39FN6O2. The number of aromatic nitrogens is 2. The molecule has 2 amide bonds. The topological polar surface area (TPSA) is 90.5 Å². The van der Waals surface area contributed by atoms with E-state index in [1.165, 1.54) is 12.1 Å². The molecular weight excluding hydrogens is 519 g/mol. The number of hydrogen-bond donors (Lipinski definition) is 2. The van der Waals surface area contributed by atoms with Crippen LogP contribution in [0.4, 0.5) is 4.39 Å². The smallest absolute Gasteiger partial charge is 0.251 e. The van der Waals surface area contributed by atoms with Crippen molar-refractivity contribution in [3.8, 4) is 11.4 Å². The Kier molecular flexibility index (Phi) is 9.36. The van der Waals surface area contributed by atoms with Gasteiger partial charge in [-0.1, -0.05) is 24.3 Å². The Hall–Kier alpha value is -3.69. The Morgan fingerprint density at radius 1 is 0.976 bits per heavy atom. The molecule has 2 aliphatic rings. The van der Waals surface area contributed by atoms with Gasteiger partial charge in [0.15, 0.2) is 5.82 Å². The largest absolute Gasteiger partial charge is 0.340 e. The van der Waals surface area contributed by atoms with E-state index in [4.69, 9.17) is 0 Å². The third-order valence-corrected chi connectivity index (χ3v) is 8.10. The number of carbonyl (C=O) groups excluding carboxylic acids is 2. The number of amides is 2. The van der Waals surface area contributed by atoms with E-state index in [0.29, 0.717) is 48.9 Å². The molecule has 1 saturated carbocycles. The van der Waals surface area contributed by atoms with E-state index in [1.807, 2.05) is 29.2 Å². The molecule has 3 atom stereocenters. The van der Waals surface area contributed by atoms with Crippen LogP contribution in [0.2, 0.25) is 0 Å². The first-order chi connectivity index (χ1) is 19.9. The molecule has 3 aromatic rings. The number of halogens is 1. The Bertz CT molecular complexity index is 1290. The fraction of sp³-hybridized carbons (Fsp3) is 0.438. The van der Waals surface area contributed by atoms with Gasteiger partial charge in [0.25, 0.3) is 5.91 Å². The van der Waals surface area contributed by atoms with E-state index in [0.717, 1.165) is 43.6 Å². The Morgan fingerprint density at radius 2 is 1.66 bits per heavy atom.